The molecule has 68 heavy (non-hydrogen) atoms. The number of fused-ring (bicyclic) bond motifs is 6. The first-order valence-electron chi connectivity index (χ1n) is 24.5. The molecule has 0 aliphatic rings. The van der Waals surface area contributed by atoms with Crippen LogP contribution in [0.4, 0.5) is 0 Å². The van der Waals surface area contributed by atoms with Gasteiger partial charge in [0.25, 0.3) is 0 Å². The molecule has 0 spiro atoms. The Hall–Kier alpha value is -6.90. The standard InChI is InChI=1S/C66H62N2/c1-31-24-32(2)40(10)56(39(31)9)55-30-52-53(65(67-55)58-43(13)35(5)26-36(6)44(58)14)29-51-48-21-18-17-20-47(48)28-54-62(51)61(52)49-22-19-23-50-60(49)63(54)66(59-45(15)37(7)27-38(8)46(59)16)68-64(50)57-41(11)33(3)25-34(4)42(57)12/h17-30H,1-16H3. The van der Waals surface area contributed by atoms with E-state index in [2.05, 4.69) is 196 Å². The molecule has 0 fully saturated rings. The van der Waals surface area contributed by atoms with Crippen LogP contribution in [0.3, 0.4) is 0 Å². The van der Waals surface area contributed by atoms with Gasteiger partial charge in [-0.2, -0.15) is 0 Å². The number of hydrogen-bond donors (Lipinski definition) is 0. The molecule has 9 aromatic carbocycles. The second kappa shape index (κ2) is 15.3. The van der Waals surface area contributed by atoms with Crippen molar-refractivity contribution in [1.29, 1.82) is 0 Å². The summed E-state index contributed by atoms with van der Waals surface area (Å²) in [4.78, 5) is 12.0. The Morgan fingerprint density at radius 3 is 1.15 bits per heavy atom. The van der Waals surface area contributed by atoms with Crippen molar-refractivity contribution in [2.24, 2.45) is 0 Å². The Labute approximate surface area is 402 Å². The van der Waals surface area contributed by atoms with Crippen LogP contribution in [-0.4, -0.2) is 9.97 Å². The van der Waals surface area contributed by atoms with Crippen molar-refractivity contribution in [2.75, 3.05) is 0 Å². The third-order valence-electron chi connectivity index (χ3n) is 17.0. The zero-order chi connectivity index (χ0) is 48.1. The molecule has 0 saturated heterocycles. The van der Waals surface area contributed by atoms with Gasteiger partial charge in [0.05, 0.1) is 22.8 Å². The van der Waals surface area contributed by atoms with Crippen LogP contribution in [0.5, 0.6) is 0 Å². The average Bonchev–Trinajstić information content (AvgIpc) is 3.31. The summed E-state index contributed by atoms with van der Waals surface area (Å²) in [6.45, 7) is 36.4. The molecule has 2 nitrogen and oxygen atoms in total. The van der Waals surface area contributed by atoms with Gasteiger partial charge < -0.3 is 0 Å². The number of hydrogen-bond acceptors (Lipinski definition) is 2. The molecular weight excluding hydrogens is 821 g/mol. The fraction of sp³-hybridized carbons (Fsp3) is 0.242. The summed E-state index contributed by atoms with van der Waals surface area (Å²) in [6.07, 6.45) is 0. The van der Waals surface area contributed by atoms with E-state index in [-0.39, 0.29) is 0 Å². The third kappa shape index (κ3) is 6.02. The van der Waals surface area contributed by atoms with E-state index >= 15 is 0 Å². The lowest BCUT2D eigenvalue weighted by Gasteiger charge is -2.25. The van der Waals surface area contributed by atoms with E-state index in [9.17, 15) is 0 Å². The molecule has 0 amide bonds. The van der Waals surface area contributed by atoms with Crippen LogP contribution in [0.15, 0.2) is 84.9 Å². The molecule has 11 rings (SSSR count). The average molecular weight is 883 g/mol. The van der Waals surface area contributed by atoms with Gasteiger partial charge >= 0.3 is 0 Å². The van der Waals surface area contributed by atoms with E-state index in [0.717, 1.165) is 22.8 Å². The lowest BCUT2D eigenvalue weighted by molar-refractivity contribution is 1.20. The number of aryl methyl sites for hydroxylation is 8. The highest BCUT2D eigenvalue weighted by atomic mass is 14.7. The SMILES string of the molecule is Cc1cc(C)c(C)c(-c2cc3c(cc4c5ccccc5cc5c6c(-c7c(C)c(C)cc(C)c7C)nc(-c7c(C)c(C)cc(C)c7C)c7cccc(c76)c3c45)c(-c3c(C)c(C)cc(C)c3C)n2)c1C. The topological polar surface area (TPSA) is 25.8 Å². The molecule has 11 aromatic rings. The van der Waals surface area contributed by atoms with Crippen molar-refractivity contribution in [1.82, 2.24) is 9.97 Å². The molecule has 0 unspecified atom stereocenters. The summed E-state index contributed by atoms with van der Waals surface area (Å²) in [5.74, 6) is 0. The fourth-order valence-corrected chi connectivity index (χ4v) is 12.3. The number of aromatic nitrogens is 2. The maximum Gasteiger partial charge on any atom is 0.0800 e. The van der Waals surface area contributed by atoms with Crippen LogP contribution < -0.4 is 0 Å². The Morgan fingerprint density at radius 1 is 0.250 bits per heavy atom. The molecule has 2 heterocycles. The van der Waals surface area contributed by atoms with Crippen LogP contribution in [0.2, 0.25) is 0 Å². The smallest absolute Gasteiger partial charge is 0.0800 e. The summed E-state index contributed by atoms with van der Waals surface area (Å²) in [6, 6.07) is 32.9. The highest BCUT2D eigenvalue weighted by Gasteiger charge is 2.28. The van der Waals surface area contributed by atoms with E-state index in [4.69, 9.17) is 9.97 Å². The highest BCUT2D eigenvalue weighted by Crippen LogP contribution is 2.53. The molecule has 0 aliphatic carbocycles. The van der Waals surface area contributed by atoms with E-state index in [1.54, 1.807) is 0 Å². The van der Waals surface area contributed by atoms with Crippen LogP contribution in [0.25, 0.3) is 110 Å². The van der Waals surface area contributed by atoms with Gasteiger partial charge in [-0.1, -0.05) is 66.7 Å². The third-order valence-corrected chi connectivity index (χ3v) is 17.0. The lowest BCUT2D eigenvalue weighted by Crippen LogP contribution is -2.04. The number of pyridine rings is 2. The van der Waals surface area contributed by atoms with Crippen molar-refractivity contribution in [3.8, 4) is 45.0 Å². The van der Waals surface area contributed by atoms with Gasteiger partial charge in [0.15, 0.2) is 0 Å². The number of benzene rings is 9. The van der Waals surface area contributed by atoms with Gasteiger partial charge in [0, 0.05) is 43.8 Å². The Kier molecular flexibility index (Phi) is 9.83. The maximum atomic E-state index is 6.07. The normalized spacial score (nSPS) is 12.1. The second-order valence-electron chi connectivity index (χ2n) is 20.7. The van der Waals surface area contributed by atoms with E-state index < -0.39 is 0 Å². The first-order valence-corrected chi connectivity index (χ1v) is 24.5. The molecule has 2 heteroatoms. The minimum absolute atomic E-state index is 1.03. The zero-order valence-corrected chi connectivity index (χ0v) is 43.0. The molecule has 0 aliphatic heterocycles. The van der Waals surface area contributed by atoms with Crippen LogP contribution in [-0.2, 0) is 0 Å². The van der Waals surface area contributed by atoms with Gasteiger partial charge in [-0.25, -0.2) is 9.97 Å². The molecule has 0 atom stereocenters. The minimum atomic E-state index is 1.03. The molecule has 0 bridgehead atoms. The van der Waals surface area contributed by atoms with Gasteiger partial charge in [-0.3, -0.25) is 0 Å². The van der Waals surface area contributed by atoms with Crippen molar-refractivity contribution >= 4 is 64.6 Å². The van der Waals surface area contributed by atoms with Crippen LogP contribution in [0, 0.1) is 111 Å². The summed E-state index contributed by atoms with van der Waals surface area (Å²) < 4.78 is 0. The van der Waals surface area contributed by atoms with Crippen molar-refractivity contribution in [2.45, 2.75) is 111 Å². The quantitative estimate of drug-likeness (QED) is 0.130. The Morgan fingerprint density at radius 2 is 0.632 bits per heavy atom. The molecule has 2 aromatic heterocycles. The zero-order valence-electron chi connectivity index (χ0n) is 43.0. The summed E-state index contributed by atoms with van der Waals surface area (Å²) >= 11 is 0. The Balaban J connectivity index is 1.49. The first kappa shape index (κ1) is 43.7. The van der Waals surface area contributed by atoms with Crippen LogP contribution >= 0.6 is 0 Å². The van der Waals surface area contributed by atoms with Crippen molar-refractivity contribution in [3.63, 3.8) is 0 Å². The summed E-state index contributed by atoms with van der Waals surface area (Å²) in [7, 11) is 0. The summed E-state index contributed by atoms with van der Waals surface area (Å²) in [5, 5.41) is 14.9. The van der Waals surface area contributed by atoms with Gasteiger partial charge in [-0.15, -0.1) is 0 Å². The first-order chi connectivity index (χ1) is 32.4. The Bertz CT molecular complexity index is 3960. The summed E-state index contributed by atoms with van der Waals surface area (Å²) in [5.41, 5.74) is 29.8. The molecule has 0 radical (unpaired) electrons. The van der Waals surface area contributed by atoms with Gasteiger partial charge in [-0.05, 0) is 261 Å². The predicted molar refractivity (Wildman–Crippen MR) is 296 cm³/mol. The minimum Gasteiger partial charge on any atom is -0.247 e. The van der Waals surface area contributed by atoms with Crippen molar-refractivity contribution < 1.29 is 0 Å². The molecular formula is C66H62N2. The van der Waals surface area contributed by atoms with E-state index in [1.165, 1.54) is 176 Å². The van der Waals surface area contributed by atoms with E-state index in [1.807, 2.05) is 0 Å². The molecule has 0 N–H and O–H groups in total. The maximum absolute atomic E-state index is 6.07. The van der Waals surface area contributed by atoms with Gasteiger partial charge in [0.1, 0.15) is 0 Å². The van der Waals surface area contributed by atoms with Crippen molar-refractivity contribution in [3.05, 3.63) is 174 Å². The van der Waals surface area contributed by atoms with Crippen LogP contribution in [0.1, 0.15) is 89.0 Å². The highest BCUT2D eigenvalue weighted by molar-refractivity contribution is 6.43. The predicted octanol–water partition coefficient (Wildman–Crippen LogP) is 18.4. The molecule has 0 saturated carbocycles. The lowest BCUT2D eigenvalue weighted by atomic mass is 9.80. The largest absolute Gasteiger partial charge is 0.247 e. The van der Waals surface area contributed by atoms with Gasteiger partial charge in [0.2, 0.25) is 0 Å². The monoisotopic (exact) mass is 882 g/mol. The molecule has 336 valence electrons. The number of rotatable bonds is 4. The number of nitrogens with zero attached hydrogens (tertiary/aromatic N) is 2. The second-order valence-corrected chi connectivity index (χ2v) is 20.7. The van der Waals surface area contributed by atoms with E-state index in [0.29, 0.717) is 0 Å². The fourth-order valence-electron chi connectivity index (χ4n) is 12.3.